The van der Waals surface area contributed by atoms with E-state index in [9.17, 15) is 30.6 Å². The van der Waals surface area contributed by atoms with Crippen molar-refractivity contribution in [1.82, 2.24) is 0 Å². The first-order valence-electron chi connectivity index (χ1n) is 8.86. The normalized spacial score (nSPS) is 47.1. The van der Waals surface area contributed by atoms with E-state index in [4.69, 9.17) is 19.3 Å². The van der Waals surface area contributed by atoms with Crippen molar-refractivity contribution in [3.05, 3.63) is 0 Å². The predicted molar refractivity (Wildman–Crippen MR) is 86.1 cm³/mol. The van der Waals surface area contributed by atoms with E-state index in [-0.39, 0.29) is 19.8 Å². The molecule has 0 aromatic carbocycles. The van der Waals surface area contributed by atoms with Gasteiger partial charge in [-0.25, -0.2) is 0 Å². The molecule has 26 heavy (non-hydrogen) atoms. The third-order valence-corrected chi connectivity index (χ3v) is 5.16. The third-order valence-electron chi connectivity index (χ3n) is 5.16. The molecule has 0 radical (unpaired) electrons. The van der Waals surface area contributed by atoms with Crippen molar-refractivity contribution in [3.8, 4) is 0 Å². The second kappa shape index (κ2) is 9.69. The van der Waals surface area contributed by atoms with Gasteiger partial charge in [-0.05, 0) is 6.42 Å². The highest BCUT2D eigenvalue weighted by molar-refractivity contribution is 4.93. The highest BCUT2D eigenvalue weighted by Crippen LogP contribution is 2.28. The summed E-state index contributed by atoms with van der Waals surface area (Å²) in [6.07, 6.45) is -9.44. The van der Waals surface area contributed by atoms with Crippen LogP contribution in [0.5, 0.6) is 0 Å². The molecule has 0 spiro atoms. The summed E-state index contributed by atoms with van der Waals surface area (Å²) in [6, 6.07) is 0. The lowest BCUT2D eigenvalue weighted by Crippen LogP contribution is -2.60. The summed E-state index contributed by atoms with van der Waals surface area (Å²) in [5.74, 6) is -0.692. The number of aliphatic hydroxyl groups excluding tert-OH is 7. The van der Waals surface area contributed by atoms with Crippen LogP contribution in [-0.4, -0.2) is 117 Å². The molecule has 0 bridgehead atoms. The molecule has 2 saturated heterocycles. The molecular formula is C16H30O10. The number of hydrogen-bond acceptors (Lipinski definition) is 10. The van der Waals surface area contributed by atoms with Crippen molar-refractivity contribution in [1.29, 1.82) is 0 Å². The SMILES string of the molecule is CCC1OC(CO)C(COCC2OC(CO)C(O)C(O)C2O)C(O)C1O. The van der Waals surface area contributed by atoms with Crippen LogP contribution in [0.2, 0.25) is 0 Å². The van der Waals surface area contributed by atoms with Crippen LogP contribution in [0, 0.1) is 5.92 Å². The molecule has 2 aliphatic rings. The lowest BCUT2D eigenvalue weighted by atomic mass is 9.86. The van der Waals surface area contributed by atoms with Gasteiger partial charge in [-0.15, -0.1) is 0 Å². The molecule has 2 fully saturated rings. The first-order chi connectivity index (χ1) is 12.3. The molecule has 10 nitrogen and oxygen atoms in total. The summed E-state index contributed by atoms with van der Waals surface area (Å²) in [7, 11) is 0. The van der Waals surface area contributed by atoms with Crippen LogP contribution >= 0.6 is 0 Å². The van der Waals surface area contributed by atoms with Crippen LogP contribution in [0.25, 0.3) is 0 Å². The van der Waals surface area contributed by atoms with Crippen molar-refractivity contribution in [2.75, 3.05) is 26.4 Å². The average Bonchev–Trinajstić information content (AvgIpc) is 2.65. The molecule has 2 aliphatic heterocycles. The minimum absolute atomic E-state index is 0.0884. The van der Waals surface area contributed by atoms with Crippen LogP contribution in [0.15, 0.2) is 0 Å². The Hall–Kier alpha value is -0.400. The Morgan fingerprint density at radius 2 is 1.19 bits per heavy atom. The van der Waals surface area contributed by atoms with Crippen LogP contribution in [0.3, 0.4) is 0 Å². The minimum atomic E-state index is -1.49. The summed E-state index contributed by atoms with van der Waals surface area (Å²) in [5.41, 5.74) is 0. The first-order valence-corrected chi connectivity index (χ1v) is 8.86. The molecule has 0 aliphatic carbocycles. The maximum absolute atomic E-state index is 10.3. The highest BCUT2D eigenvalue weighted by Gasteiger charge is 2.45. The van der Waals surface area contributed by atoms with Gasteiger partial charge >= 0.3 is 0 Å². The molecular weight excluding hydrogens is 352 g/mol. The summed E-state index contributed by atoms with van der Waals surface area (Å²) in [6.45, 7) is 0.637. The predicted octanol–water partition coefficient (Wildman–Crippen LogP) is -3.65. The average molecular weight is 382 g/mol. The second-order valence-electron chi connectivity index (χ2n) is 6.85. The van der Waals surface area contributed by atoms with Gasteiger partial charge in [-0.2, -0.15) is 0 Å². The summed E-state index contributed by atoms with van der Waals surface area (Å²) >= 11 is 0. The molecule has 0 amide bonds. The van der Waals surface area contributed by atoms with Crippen molar-refractivity contribution in [2.45, 2.75) is 68.3 Å². The smallest absolute Gasteiger partial charge is 0.111 e. The Labute approximate surface area is 151 Å². The van der Waals surface area contributed by atoms with E-state index in [1.165, 1.54) is 0 Å². The summed E-state index contributed by atoms with van der Waals surface area (Å²) in [4.78, 5) is 0. The molecule has 154 valence electrons. The van der Waals surface area contributed by atoms with Gasteiger partial charge in [-0.1, -0.05) is 6.92 Å². The van der Waals surface area contributed by atoms with Gasteiger partial charge in [0.25, 0.3) is 0 Å². The zero-order chi connectivity index (χ0) is 19.4. The zero-order valence-electron chi connectivity index (χ0n) is 14.7. The second-order valence-corrected chi connectivity index (χ2v) is 6.85. The molecule has 10 unspecified atom stereocenters. The van der Waals surface area contributed by atoms with Crippen LogP contribution < -0.4 is 0 Å². The molecule has 0 aromatic rings. The van der Waals surface area contributed by atoms with Gasteiger partial charge < -0.3 is 50.0 Å². The van der Waals surface area contributed by atoms with Crippen LogP contribution in [0.4, 0.5) is 0 Å². The monoisotopic (exact) mass is 382 g/mol. The third kappa shape index (κ3) is 4.53. The largest absolute Gasteiger partial charge is 0.394 e. The van der Waals surface area contributed by atoms with E-state index in [1.807, 2.05) is 0 Å². The maximum Gasteiger partial charge on any atom is 0.111 e. The Morgan fingerprint density at radius 1 is 0.654 bits per heavy atom. The van der Waals surface area contributed by atoms with E-state index >= 15 is 0 Å². The lowest BCUT2D eigenvalue weighted by Gasteiger charge is -2.43. The van der Waals surface area contributed by atoms with Crippen LogP contribution in [0.1, 0.15) is 13.3 Å². The molecule has 7 N–H and O–H groups in total. The Morgan fingerprint density at radius 3 is 1.77 bits per heavy atom. The van der Waals surface area contributed by atoms with E-state index in [0.717, 1.165) is 0 Å². The zero-order valence-corrected chi connectivity index (χ0v) is 14.7. The molecule has 10 heteroatoms. The minimum Gasteiger partial charge on any atom is -0.394 e. The van der Waals surface area contributed by atoms with Crippen molar-refractivity contribution >= 4 is 0 Å². The fourth-order valence-corrected chi connectivity index (χ4v) is 3.46. The Bertz CT molecular complexity index is 420. The van der Waals surface area contributed by atoms with Gasteiger partial charge in [0.2, 0.25) is 0 Å². The molecule has 0 aromatic heterocycles. The first kappa shape index (κ1) is 21.9. The number of aliphatic hydroxyl groups is 7. The highest BCUT2D eigenvalue weighted by atomic mass is 16.6. The molecule has 2 heterocycles. The lowest BCUT2D eigenvalue weighted by molar-refractivity contribution is -0.246. The summed E-state index contributed by atoms with van der Waals surface area (Å²) in [5, 5.41) is 68.5. The maximum atomic E-state index is 10.3. The Balaban J connectivity index is 1.91. The van der Waals surface area contributed by atoms with Gasteiger partial charge in [-0.3, -0.25) is 0 Å². The summed E-state index contributed by atoms with van der Waals surface area (Å²) < 4.78 is 16.4. The topological polar surface area (TPSA) is 169 Å². The number of rotatable bonds is 7. The van der Waals surface area contributed by atoms with Gasteiger partial charge in [0, 0.05) is 5.92 Å². The van der Waals surface area contributed by atoms with Crippen LogP contribution in [-0.2, 0) is 14.2 Å². The molecule has 0 saturated carbocycles. The number of ether oxygens (including phenoxy) is 3. The van der Waals surface area contributed by atoms with Crippen molar-refractivity contribution in [3.63, 3.8) is 0 Å². The fraction of sp³-hybridized carbons (Fsp3) is 1.00. The van der Waals surface area contributed by atoms with Gasteiger partial charge in [0.1, 0.15) is 36.6 Å². The van der Waals surface area contributed by atoms with E-state index < -0.39 is 67.5 Å². The van der Waals surface area contributed by atoms with E-state index in [1.54, 1.807) is 6.92 Å². The fourth-order valence-electron chi connectivity index (χ4n) is 3.46. The Kier molecular flexibility index (Phi) is 8.16. The number of hydrogen-bond donors (Lipinski definition) is 7. The quantitative estimate of drug-likeness (QED) is 0.233. The molecule has 2 rings (SSSR count). The van der Waals surface area contributed by atoms with Crippen molar-refractivity contribution < 1.29 is 50.0 Å². The van der Waals surface area contributed by atoms with E-state index in [0.29, 0.717) is 6.42 Å². The van der Waals surface area contributed by atoms with E-state index in [2.05, 4.69) is 0 Å². The standard InChI is InChI=1S/C16H30O10/c1-2-8-13(20)12(19)7(9(3-17)25-8)5-24-6-11-15(22)16(23)14(21)10(4-18)26-11/h7-23H,2-6H2,1H3. The molecule has 10 atom stereocenters. The van der Waals surface area contributed by atoms with Gasteiger partial charge in [0.15, 0.2) is 0 Å². The van der Waals surface area contributed by atoms with Gasteiger partial charge in [0.05, 0.1) is 44.7 Å². The van der Waals surface area contributed by atoms with Crippen molar-refractivity contribution in [2.24, 2.45) is 5.92 Å².